The number of likely N-dealkylation sites (tertiary alicyclic amines) is 1. The van der Waals surface area contributed by atoms with Gasteiger partial charge in [0.25, 0.3) is 0 Å². The number of carbonyl (C=O) groups excluding carboxylic acids is 2. The predicted octanol–water partition coefficient (Wildman–Crippen LogP) is 1.27. The van der Waals surface area contributed by atoms with E-state index in [4.69, 9.17) is 5.73 Å². The molecule has 3 unspecified atom stereocenters. The van der Waals surface area contributed by atoms with Crippen LogP contribution in [0.2, 0.25) is 0 Å². The summed E-state index contributed by atoms with van der Waals surface area (Å²) in [6.07, 6.45) is 6.94. The predicted molar refractivity (Wildman–Crippen MR) is 82.5 cm³/mol. The summed E-state index contributed by atoms with van der Waals surface area (Å²) in [5, 5.41) is 2.92. The van der Waals surface area contributed by atoms with E-state index in [9.17, 15) is 9.59 Å². The molecule has 3 atom stereocenters. The van der Waals surface area contributed by atoms with Gasteiger partial charge in [0.1, 0.15) is 0 Å². The Balaban J connectivity index is 1.72. The lowest BCUT2D eigenvalue weighted by molar-refractivity contribution is -0.132. The van der Waals surface area contributed by atoms with Gasteiger partial charge >= 0.3 is 0 Å². The van der Waals surface area contributed by atoms with Crippen LogP contribution in [0.4, 0.5) is 0 Å². The molecule has 0 spiro atoms. The molecule has 120 valence electrons. The average Bonchev–Trinajstić information content (AvgIpc) is 2.48. The van der Waals surface area contributed by atoms with Crippen LogP contribution in [0.25, 0.3) is 0 Å². The first-order chi connectivity index (χ1) is 10.1. The summed E-state index contributed by atoms with van der Waals surface area (Å²) in [4.78, 5) is 26.2. The molecular formula is C16H29N3O2. The molecule has 2 rings (SSSR count). The van der Waals surface area contributed by atoms with E-state index in [1.54, 1.807) is 0 Å². The van der Waals surface area contributed by atoms with Gasteiger partial charge < -0.3 is 16.0 Å². The van der Waals surface area contributed by atoms with Crippen LogP contribution in [0.1, 0.15) is 51.9 Å². The van der Waals surface area contributed by atoms with Crippen LogP contribution in [0, 0.1) is 11.8 Å². The second kappa shape index (κ2) is 7.78. The van der Waals surface area contributed by atoms with Crippen molar-refractivity contribution < 1.29 is 9.59 Å². The minimum atomic E-state index is -0.0937. The topological polar surface area (TPSA) is 75.4 Å². The number of amides is 2. The fraction of sp³-hybridized carbons (Fsp3) is 0.875. The van der Waals surface area contributed by atoms with Gasteiger partial charge in [-0.25, -0.2) is 0 Å². The highest BCUT2D eigenvalue weighted by molar-refractivity contribution is 5.81. The fourth-order valence-electron chi connectivity index (χ4n) is 3.62. The Morgan fingerprint density at radius 3 is 2.52 bits per heavy atom. The van der Waals surface area contributed by atoms with Crippen LogP contribution < -0.4 is 11.1 Å². The Morgan fingerprint density at radius 1 is 1.14 bits per heavy atom. The van der Waals surface area contributed by atoms with Crippen molar-refractivity contribution in [3.05, 3.63) is 0 Å². The largest absolute Gasteiger partial charge is 0.355 e. The van der Waals surface area contributed by atoms with Crippen LogP contribution >= 0.6 is 0 Å². The molecule has 2 aliphatic rings. The maximum absolute atomic E-state index is 12.3. The highest BCUT2D eigenvalue weighted by atomic mass is 16.2. The zero-order valence-electron chi connectivity index (χ0n) is 13.1. The normalized spacial score (nSPS) is 30.0. The van der Waals surface area contributed by atoms with E-state index in [1.165, 1.54) is 6.42 Å². The first kappa shape index (κ1) is 16.3. The zero-order valence-corrected chi connectivity index (χ0v) is 13.1. The van der Waals surface area contributed by atoms with Gasteiger partial charge in [-0.15, -0.1) is 0 Å². The van der Waals surface area contributed by atoms with Gasteiger partial charge in [0.15, 0.2) is 0 Å². The van der Waals surface area contributed by atoms with Crippen molar-refractivity contribution in [2.45, 2.75) is 57.9 Å². The molecule has 1 aliphatic carbocycles. The summed E-state index contributed by atoms with van der Waals surface area (Å²) in [7, 11) is 0. The quantitative estimate of drug-likeness (QED) is 0.820. The van der Waals surface area contributed by atoms with Gasteiger partial charge in [0, 0.05) is 32.1 Å². The Hall–Kier alpha value is -1.10. The molecule has 0 aromatic heterocycles. The van der Waals surface area contributed by atoms with E-state index < -0.39 is 0 Å². The molecule has 2 fully saturated rings. The van der Waals surface area contributed by atoms with E-state index >= 15 is 0 Å². The van der Waals surface area contributed by atoms with Crippen molar-refractivity contribution in [3.8, 4) is 0 Å². The third kappa shape index (κ3) is 4.43. The minimum Gasteiger partial charge on any atom is -0.355 e. The Bertz CT molecular complexity index is 357. The molecule has 0 aromatic carbocycles. The zero-order chi connectivity index (χ0) is 15.2. The number of hydrogen-bond donors (Lipinski definition) is 2. The third-order valence-electron chi connectivity index (χ3n) is 4.92. The van der Waals surface area contributed by atoms with Crippen molar-refractivity contribution in [2.24, 2.45) is 17.6 Å². The molecule has 0 bridgehead atoms. The molecule has 1 saturated heterocycles. The lowest BCUT2D eigenvalue weighted by Crippen LogP contribution is -2.48. The number of nitrogens with one attached hydrogen (secondary N) is 1. The van der Waals surface area contributed by atoms with Gasteiger partial charge in [-0.1, -0.05) is 13.3 Å². The van der Waals surface area contributed by atoms with Gasteiger partial charge in [0.2, 0.25) is 11.8 Å². The molecule has 5 nitrogen and oxygen atoms in total. The van der Waals surface area contributed by atoms with Crippen molar-refractivity contribution in [3.63, 3.8) is 0 Å². The number of hydrogen-bond acceptors (Lipinski definition) is 3. The number of nitrogens with two attached hydrogens (primary N) is 1. The molecule has 0 aromatic rings. The molecule has 2 amide bonds. The number of rotatable bonds is 4. The maximum Gasteiger partial charge on any atom is 0.224 e. The van der Waals surface area contributed by atoms with Crippen LogP contribution in [-0.4, -0.2) is 42.4 Å². The summed E-state index contributed by atoms with van der Waals surface area (Å²) in [5.74, 6) is 0.438. The lowest BCUT2D eigenvalue weighted by Gasteiger charge is -2.33. The fourth-order valence-corrected chi connectivity index (χ4v) is 3.62. The van der Waals surface area contributed by atoms with Crippen LogP contribution in [0.15, 0.2) is 0 Å². The van der Waals surface area contributed by atoms with Gasteiger partial charge in [-0.2, -0.15) is 0 Å². The second-order valence-corrected chi connectivity index (χ2v) is 6.58. The summed E-state index contributed by atoms with van der Waals surface area (Å²) in [6, 6.07) is -0.0356. The number of nitrogens with zero attached hydrogens (tertiary/aromatic N) is 1. The summed E-state index contributed by atoms with van der Waals surface area (Å²) < 4.78 is 0. The van der Waals surface area contributed by atoms with E-state index in [0.717, 1.165) is 45.2 Å². The van der Waals surface area contributed by atoms with E-state index in [0.29, 0.717) is 18.9 Å². The van der Waals surface area contributed by atoms with E-state index in [1.807, 2.05) is 4.90 Å². The highest BCUT2D eigenvalue weighted by Crippen LogP contribution is 2.28. The monoisotopic (exact) mass is 295 g/mol. The Kier molecular flexibility index (Phi) is 6.03. The van der Waals surface area contributed by atoms with Crippen LogP contribution in [-0.2, 0) is 9.59 Å². The number of carbonyl (C=O) groups is 2. The van der Waals surface area contributed by atoms with Crippen LogP contribution in [0.5, 0.6) is 0 Å². The summed E-state index contributed by atoms with van der Waals surface area (Å²) in [6.45, 7) is 4.28. The van der Waals surface area contributed by atoms with Gasteiger partial charge in [-0.3, -0.25) is 9.59 Å². The average molecular weight is 295 g/mol. The highest BCUT2D eigenvalue weighted by Gasteiger charge is 2.33. The van der Waals surface area contributed by atoms with Crippen LogP contribution in [0.3, 0.4) is 0 Å². The standard InChI is InChI=1S/C16H29N3O2/c1-12-6-5-7-13(17)15(12)16(21)18-9-8-14(20)19-10-3-2-4-11-19/h12-13,15H,2-11,17H2,1H3,(H,18,21). The van der Waals surface area contributed by atoms with Gasteiger partial charge in [0.05, 0.1) is 5.92 Å². The lowest BCUT2D eigenvalue weighted by atomic mass is 9.76. The molecule has 1 aliphatic heterocycles. The molecular weight excluding hydrogens is 266 g/mol. The molecule has 21 heavy (non-hydrogen) atoms. The SMILES string of the molecule is CC1CCCC(N)C1C(=O)NCCC(=O)N1CCCCC1. The molecule has 1 saturated carbocycles. The maximum atomic E-state index is 12.3. The Labute approximate surface area is 127 Å². The van der Waals surface area contributed by atoms with E-state index in [2.05, 4.69) is 12.2 Å². The van der Waals surface area contributed by atoms with Gasteiger partial charge in [-0.05, 0) is 38.0 Å². The number of piperidine rings is 1. The van der Waals surface area contributed by atoms with Crippen molar-refractivity contribution >= 4 is 11.8 Å². The van der Waals surface area contributed by atoms with Crippen molar-refractivity contribution in [2.75, 3.05) is 19.6 Å². The van der Waals surface area contributed by atoms with Crippen molar-refractivity contribution in [1.82, 2.24) is 10.2 Å². The smallest absolute Gasteiger partial charge is 0.224 e. The molecule has 3 N–H and O–H groups in total. The second-order valence-electron chi connectivity index (χ2n) is 6.58. The van der Waals surface area contributed by atoms with E-state index in [-0.39, 0.29) is 23.8 Å². The Morgan fingerprint density at radius 2 is 1.86 bits per heavy atom. The third-order valence-corrected chi connectivity index (χ3v) is 4.92. The van der Waals surface area contributed by atoms with Crippen molar-refractivity contribution in [1.29, 1.82) is 0 Å². The minimum absolute atomic E-state index is 0.0288. The molecule has 0 radical (unpaired) electrons. The summed E-state index contributed by atoms with van der Waals surface area (Å²) in [5.41, 5.74) is 6.08. The molecule has 5 heteroatoms. The first-order valence-electron chi connectivity index (χ1n) is 8.40. The first-order valence-corrected chi connectivity index (χ1v) is 8.40. The summed E-state index contributed by atoms with van der Waals surface area (Å²) >= 11 is 0. The molecule has 1 heterocycles.